The van der Waals surface area contributed by atoms with Gasteiger partial charge in [-0.1, -0.05) is 6.07 Å². The maximum Gasteiger partial charge on any atom is 0.128 e. The third-order valence-corrected chi connectivity index (χ3v) is 4.95. The fraction of sp³-hybridized carbons (Fsp3) is 0.647. The highest BCUT2D eigenvalue weighted by molar-refractivity contribution is 5.58. The van der Waals surface area contributed by atoms with E-state index in [4.69, 9.17) is 0 Å². The van der Waals surface area contributed by atoms with Crippen molar-refractivity contribution in [2.24, 2.45) is 5.92 Å². The summed E-state index contributed by atoms with van der Waals surface area (Å²) in [5.41, 5.74) is 2.06. The molecule has 110 valence electrons. The Balaban J connectivity index is 1.48. The van der Waals surface area contributed by atoms with E-state index in [9.17, 15) is 4.39 Å². The summed E-state index contributed by atoms with van der Waals surface area (Å²) in [5, 5.41) is 0. The lowest BCUT2D eigenvalue weighted by atomic mass is 9.92. The van der Waals surface area contributed by atoms with E-state index in [1.165, 1.54) is 38.8 Å². The van der Waals surface area contributed by atoms with Crippen molar-refractivity contribution in [2.45, 2.75) is 32.1 Å². The van der Waals surface area contributed by atoms with Gasteiger partial charge >= 0.3 is 0 Å². The lowest BCUT2D eigenvalue weighted by Gasteiger charge is -2.29. The number of piperidine rings is 1. The number of halogens is 1. The average Bonchev–Trinajstić information content (AvgIpc) is 2.86. The number of nitrogens with zero attached hydrogens (tertiary/aromatic N) is 2. The molecule has 2 aliphatic rings. The molecular weight excluding hydrogens is 251 g/mol. The molecule has 3 rings (SSSR count). The fourth-order valence-electron chi connectivity index (χ4n) is 3.61. The minimum absolute atomic E-state index is 0.0275. The Bertz CT molecular complexity index is 452. The summed E-state index contributed by atoms with van der Waals surface area (Å²) in [7, 11) is 2.21. The Hall–Kier alpha value is -1.09. The summed E-state index contributed by atoms with van der Waals surface area (Å²) in [6.45, 7) is 4.58. The number of anilines is 1. The standard InChI is InChI=1S/C17H25FN2/c1-19-11-7-14(8-12-19)4-3-10-20-13-9-15-16(18)5-2-6-17(15)20/h2,5-6,14H,3-4,7-13H2,1H3. The van der Waals surface area contributed by atoms with E-state index in [1.807, 2.05) is 6.07 Å². The molecule has 0 saturated carbocycles. The van der Waals surface area contributed by atoms with Crippen LogP contribution in [0.2, 0.25) is 0 Å². The van der Waals surface area contributed by atoms with E-state index >= 15 is 0 Å². The predicted molar refractivity (Wildman–Crippen MR) is 81.8 cm³/mol. The molecule has 2 nitrogen and oxygen atoms in total. The van der Waals surface area contributed by atoms with Crippen LogP contribution >= 0.6 is 0 Å². The second kappa shape index (κ2) is 6.13. The van der Waals surface area contributed by atoms with Gasteiger partial charge in [0.15, 0.2) is 0 Å². The van der Waals surface area contributed by atoms with Crippen molar-refractivity contribution in [3.05, 3.63) is 29.6 Å². The van der Waals surface area contributed by atoms with Gasteiger partial charge in [0.25, 0.3) is 0 Å². The van der Waals surface area contributed by atoms with Gasteiger partial charge in [-0.25, -0.2) is 4.39 Å². The van der Waals surface area contributed by atoms with Crippen LogP contribution in [0.15, 0.2) is 18.2 Å². The van der Waals surface area contributed by atoms with Gasteiger partial charge in [-0.3, -0.25) is 0 Å². The molecule has 2 aliphatic heterocycles. The number of benzene rings is 1. The van der Waals surface area contributed by atoms with Gasteiger partial charge < -0.3 is 9.80 Å². The molecule has 0 N–H and O–H groups in total. The van der Waals surface area contributed by atoms with Gasteiger partial charge in [0.1, 0.15) is 5.82 Å². The van der Waals surface area contributed by atoms with Crippen molar-refractivity contribution in [3.63, 3.8) is 0 Å². The summed E-state index contributed by atoms with van der Waals surface area (Å²) in [6, 6.07) is 5.49. The second-order valence-corrected chi connectivity index (χ2v) is 6.36. The van der Waals surface area contributed by atoms with Crippen LogP contribution in [0, 0.1) is 11.7 Å². The van der Waals surface area contributed by atoms with Gasteiger partial charge in [-0.15, -0.1) is 0 Å². The van der Waals surface area contributed by atoms with Crippen molar-refractivity contribution in [1.29, 1.82) is 0 Å². The molecule has 0 unspecified atom stereocenters. The summed E-state index contributed by atoms with van der Waals surface area (Å²) in [4.78, 5) is 4.79. The zero-order valence-corrected chi connectivity index (χ0v) is 12.4. The van der Waals surface area contributed by atoms with E-state index in [1.54, 1.807) is 6.07 Å². The van der Waals surface area contributed by atoms with Crippen molar-refractivity contribution < 1.29 is 4.39 Å². The maximum absolute atomic E-state index is 13.7. The highest BCUT2D eigenvalue weighted by Crippen LogP contribution is 2.30. The normalized spacial score (nSPS) is 20.4. The van der Waals surface area contributed by atoms with E-state index in [2.05, 4.69) is 22.9 Å². The second-order valence-electron chi connectivity index (χ2n) is 6.36. The first kappa shape index (κ1) is 13.9. The lowest BCUT2D eigenvalue weighted by Crippen LogP contribution is -2.30. The zero-order valence-electron chi connectivity index (χ0n) is 12.4. The Labute approximate surface area is 121 Å². The van der Waals surface area contributed by atoms with Crippen LogP contribution in [0.25, 0.3) is 0 Å². The molecule has 0 amide bonds. The highest BCUT2D eigenvalue weighted by atomic mass is 19.1. The molecule has 0 aliphatic carbocycles. The maximum atomic E-state index is 13.7. The number of fused-ring (bicyclic) bond motifs is 1. The molecule has 3 heteroatoms. The van der Waals surface area contributed by atoms with Crippen LogP contribution in [0.3, 0.4) is 0 Å². The van der Waals surface area contributed by atoms with Crippen LogP contribution in [-0.4, -0.2) is 38.1 Å². The monoisotopic (exact) mass is 276 g/mol. The number of likely N-dealkylation sites (tertiary alicyclic amines) is 1. The number of rotatable bonds is 4. The van der Waals surface area contributed by atoms with Crippen molar-refractivity contribution >= 4 is 5.69 Å². The molecule has 0 spiro atoms. The van der Waals surface area contributed by atoms with Crippen LogP contribution in [0.1, 0.15) is 31.2 Å². The van der Waals surface area contributed by atoms with Crippen molar-refractivity contribution in [1.82, 2.24) is 4.90 Å². The van der Waals surface area contributed by atoms with Crippen LogP contribution < -0.4 is 4.90 Å². The first-order valence-corrected chi connectivity index (χ1v) is 7.95. The van der Waals surface area contributed by atoms with Gasteiger partial charge in [0.05, 0.1) is 0 Å². The quantitative estimate of drug-likeness (QED) is 0.832. The Morgan fingerprint density at radius 3 is 2.80 bits per heavy atom. The predicted octanol–water partition coefficient (Wildman–Crippen LogP) is 3.31. The summed E-state index contributed by atoms with van der Waals surface area (Å²) >= 11 is 0. The molecule has 1 aromatic carbocycles. The molecule has 1 aromatic rings. The molecular formula is C17H25FN2. The zero-order chi connectivity index (χ0) is 13.9. The van der Waals surface area contributed by atoms with Crippen LogP contribution in [0.5, 0.6) is 0 Å². The van der Waals surface area contributed by atoms with Gasteiger partial charge in [-0.2, -0.15) is 0 Å². The Kier molecular flexibility index (Phi) is 4.25. The molecule has 1 fully saturated rings. The van der Waals surface area contributed by atoms with E-state index in [0.29, 0.717) is 0 Å². The summed E-state index contributed by atoms with van der Waals surface area (Å²) in [6.07, 6.45) is 6.14. The largest absolute Gasteiger partial charge is 0.371 e. The van der Waals surface area contributed by atoms with E-state index in [-0.39, 0.29) is 5.82 Å². The third kappa shape index (κ3) is 2.98. The van der Waals surface area contributed by atoms with Gasteiger partial charge in [0.2, 0.25) is 0 Å². The minimum Gasteiger partial charge on any atom is -0.371 e. The average molecular weight is 276 g/mol. The molecule has 0 bridgehead atoms. The van der Waals surface area contributed by atoms with Crippen molar-refractivity contribution in [2.75, 3.05) is 38.1 Å². The van der Waals surface area contributed by atoms with Crippen LogP contribution in [-0.2, 0) is 6.42 Å². The highest BCUT2D eigenvalue weighted by Gasteiger charge is 2.22. The smallest absolute Gasteiger partial charge is 0.128 e. The number of hydrogen-bond donors (Lipinski definition) is 0. The third-order valence-electron chi connectivity index (χ3n) is 4.95. The molecule has 0 radical (unpaired) electrons. The van der Waals surface area contributed by atoms with Gasteiger partial charge in [0, 0.05) is 24.3 Å². The molecule has 0 aromatic heterocycles. The molecule has 1 saturated heterocycles. The summed E-state index contributed by atoms with van der Waals surface area (Å²) < 4.78 is 13.7. The van der Waals surface area contributed by atoms with Crippen molar-refractivity contribution in [3.8, 4) is 0 Å². The lowest BCUT2D eigenvalue weighted by molar-refractivity contribution is 0.211. The fourth-order valence-corrected chi connectivity index (χ4v) is 3.61. The Morgan fingerprint density at radius 1 is 1.20 bits per heavy atom. The molecule has 20 heavy (non-hydrogen) atoms. The molecule has 2 heterocycles. The van der Waals surface area contributed by atoms with E-state index in [0.717, 1.165) is 36.7 Å². The first-order valence-electron chi connectivity index (χ1n) is 7.95. The van der Waals surface area contributed by atoms with Crippen LogP contribution in [0.4, 0.5) is 10.1 Å². The topological polar surface area (TPSA) is 6.48 Å². The number of hydrogen-bond acceptors (Lipinski definition) is 2. The summed E-state index contributed by atoms with van der Waals surface area (Å²) in [5.74, 6) is 0.876. The molecule has 0 atom stereocenters. The minimum atomic E-state index is -0.0275. The SMILES string of the molecule is CN1CCC(CCCN2CCc3c(F)cccc32)CC1. The Morgan fingerprint density at radius 2 is 2.00 bits per heavy atom. The van der Waals surface area contributed by atoms with E-state index < -0.39 is 0 Å². The first-order chi connectivity index (χ1) is 9.74. The van der Waals surface area contributed by atoms with Gasteiger partial charge in [-0.05, 0) is 70.3 Å².